The molecule has 6 aliphatic rings. The van der Waals surface area contributed by atoms with Crippen molar-refractivity contribution in [3.8, 4) is 11.5 Å². The number of aromatic hydroxyl groups is 1. The van der Waals surface area contributed by atoms with Gasteiger partial charge >= 0.3 is 0 Å². The zero-order valence-electron chi connectivity index (χ0n) is 22.4. The molecule has 3 fully saturated rings. The van der Waals surface area contributed by atoms with Gasteiger partial charge in [0, 0.05) is 49.0 Å². The molecule has 1 amide bonds. The van der Waals surface area contributed by atoms with Crippen molar-refractivity contribution in [2.45, 2.75) is 55.3 Å². The van der Waals surface area contributed by atoms with Crippen molar-refractivity contribution in [2.75, 3.05) is 49.6 Å². The molecule has 2 aromatic rings. The number of amides is 1. The molecule has 0 aromatic heterocycles. The number of hydrogen-bond donors (Lipinski definition) is 4. The maximum Gasteiger partial charge on any atom is 0.255 e. The summed E-state index contributed by atoms with van der Waals surface area (Å²) in [5.41, 5.74) is 1.45. The number of piperidine rings is 1. The number of aliphatic hydroxyl groups is 2. The lowest BCUT2D eigenvalue weighted by atomic mass is 9.49. The molecular formula is C31H35N3O6. The molecule has 4 N–H and O–H groups in total. The molecule has 2 bridgehead atoms. The predicted octanol–water partition coefficient (Wildman–Crippen LogP) is 2.85. The second-order valence-corrected chi connectivity index (χ2v) is 12.4. The van der Waals surface area contributed by atoms with Crippen LogP contribution in [0.5, 0.6) is 11.5 Å². The first-order chi connectivity index (χ1) is 19.4. The number of carbonyl (C=O) groups is 1. The summed E-state index contributed by atoms with van der Waals surface area (Å²) in [5.74, 6) is 0.400. The molecule has 3 heterocycles. The van der Waals surface area contributed by atoms with Crippen molar-refractivity contribution in [3.05, 3.63) is 58.9 Å². The molecule has 40 heavy (non-hydrogen) atoms. The molecule has 1 spiro atoms. The summed E-state index contributed by atoms with van der Waals surface area (Å²) in [5, 5.41) is 38.0. The molecule has 9 nitrogen and oxygen atoms in total. The van der Waals surface area contributed by atoms with Crippen LogP contribution < -0.4 is 15.0 Å². The number of rotatable bonds is 5. The van der Waals surface area contributed by atoms with Gasteiger partial charge < -0.3 is 35.0 Å². The van der Waals surface area contributed by atoms with Gasteiger partial charge in [0.15, 0.2) is 17.6 Å². The van der Waals surface area contributed by atoms with Crippen molar-refractivity contribution in [1.82, 2.24) is 4.90 Å². The highest BCUT2D eigenvalue weighted by atomic mass is 16.5. The fourth-order valence-corrected chi connectivity index (χ4v) is 8.15. The molecule has 9 heteroatoms. The Balaban J connectivity index is 1.15. The lowest BCUT2D eigenvalue weighted by molar-refractivity contribution is -0.172. The number of phenols is 1. The van der Waals surface area contributed by atoms with Crippen LogP contribution in [-0.4, -0.2) is 83.3 Å². The normalized spacial score (nSPS) is 32.5. The average molecular weight is 546 g/mol. The van der Waals surface area contributed by atoms with Crippen LogP contribution in [0.2, 0.25) is 0 Å². The van der Waals surface area contributed by atoms with Crippen LogP contribution in [0.1, 0.15) is 36.8 Å². The quantitative estimate of drug-likeness (QED) is 0.454. The lowest BCUT2D eigenvalue weighted by Gasteiger charge is -2.62. The Morgan fingerprint density at radius 3 is 2.58 bits per heavy atom. The summed E-state index contributed by atoms with van der Waals surface area (Å²) in [6.07, 6.45) is 2.73. The summed E-state index contributed by atoms with van der Waals surface area (Å²) in [4.78, 5) is 18.4. The number of ether oxygens (including phenoxy) is 2. The first-order valence-corrected chi connectivity index (χ1v) is 14.5. The third-order valence-corrected chi connectivity index (χ3v) is 10.3. The largest absolute Gasteiger partial charge is 0.508 e. The van der Waals surface area contributed by atoms with Crippen LogP contribution >= 0.6 is 0 Å². The molecule has 4 atom stereocenters. The number of nitrogens with one attached hydrogen (secondary N) is 1. The van der Waals surface area contributed by atoms with E-state index in [0.29, 0.717) is 43.4 Å². The van der Waals surface area contributed by atoms with E-state index < -0.39 is 23.0 Å². The zero-order chi connectivity index (χ0) is 27.2. The highest BCUT2D eigenvalue weighted by Crippen LogP contribution is 2.66. The number of phenolic OH excluding ortho intramolecular Hbond substituents is 1. The van der Waals surface area contributed by atoms with Crippen molar-refractivity contribution in [1.29, 1.82) is 0 Å². The van der Waals surface area contributed by atoms with Gasteiger partial charge in [-0.2, -0.15) is 0 Å². The fourth-order valence-electron chi connectivity index (χ4n) is 8.15. The van der Waals surface area contributed by atoms with E-state index in [2.05, 4.69) is 15.1 Å². The number of anilines is 2. The van der Waals surface area contributed by atoms with E-state index in [9.17, 15) is 20.1 Å². The third kappa shape index (κ3) is 3.34. The Morgan fingerprint density at radius 2 is 1.82 bits per heavy atom. The maximum absolute atomic E-state index is 13.7. The molecule has 1 saturated carbocycles. The number of nitrogens with zero attached hydrogens (tertiary/aromatic N) is 2. The topological polar surface area (TPSA) is 115 Å². The first kappa shape index (κ1) is 24.5. The Hall–Kier alpha value is -3.27. The minimum absolute atomic E-state index is 0.00268. The van der Waals surface area contributed by atoms with E-state index in [1.54, 1.807) is 6.07 Å². The molecule has 210 valence electrons. The zero-order valence-corrected chi connectivity index (χ0v) is 22.4. The molecule has 1 unspecified atom stereocenters. The molecule has 2 aromatic carbocycles. The molecule has 3 aliphatic heterocycles. The van der Waals surface area contributed by atoms with Gasteiger partial charge in [-0.25, -0.2) is 0 Å². The van der Waals surface area contributed by atoms with Gasteiger partial charge in [0.1, 0.15) is 5.76 Å². The van der Waals surface area contributed by atoms with Crippen LogP contribution in [0.3, 0.4) is 0 Å². The van der Waals surface area contributed by atoms with Gasteiger partial charge in [0.25, 0.3) is 5.91 Å². The van der Waals surface area contributed by atoms with Crippen LogP contribution in [0, 0.1) is 5.92 Å². The Labute approximate surface area is 233 Å². The SMILES string of the molecule is O=C(Nc1ccc(N2CCOCC2)cc1)C1=C(O)C2Oc3c(O)ccc4c3[C@@]23CCN(CC2CC2)[C@H](C4)[C@]3(O)C1. The molecule has 3 aliphatic carbocycles. The first-order valence-electron chi connectivity index (χ1n) is 14.5. The molecular weight excluding hydrogens is 510 g/mol. The van der Waals surface area contributed by atoms with Gasteiger partial charge in [-0.3, -0.25) is 9.69 Å². The van der Waals surface area contributed by atoms with Gasteiger partial charge in [0.05, 0.1) is 29.8 Å². The summed E-state index contributed by atoms with van der Waals surface area (Å²) < 4.78 is 11.7. The van der Waals surface area contributed by atoms with E-state index in [1.165, 1.54) is 12.8 Å². The standard InChI is InChI=1S/C31H35N3O6/c35-23-8-3-19-15-24-31(38)16-22(29(37)32-20-4-6-21(7-5-20)33-11-13-39-14-12-33)26(36)28-30(31,25(19)27(23)40-28)9-10-34(24)17-18-1-2-18/h3-8,18,24,28,35-36,38H,1-2,9-17H2,(H,32,37)/t24-,28?,30+,31-/m1/s1. The predicted molar refractivity (Wildman–Crippen MR) is 148 cm³/mol. The van der Waals surface area contributed by atoms with Crippen LogP contribution in [0.25, 0.3) is 0 Å². The van der Waals surface area contributed by atoms with E-state index in [1.807, 2.05) is 30.3 Å². The number of benzene rings is 2. The van der Waals surface area contributed by atoms with Crippen molar-refractivity contribution in [3.63, 3.8) is 0 Å². The Kier molecular flexibility index (Phi) is 5.28. The van der Waals surface area contributed by atoms with Gasteiger partial charge in [-0.1, -0.05) is 6.07 Å². The summed E-state index contributed by atoms with van der Waals surface area (Å²) in [6, 6.07) is 11.0. The Bertz CT molecular complexity index is 1410. The summed E-state index contributed by atoms with van der Waals surface area (Å²) in [6.45, 7) is 4.76. The average Bonchev–Trinajstić information content (AvgIpc) is 3.71. The van der Waals surface area contributed by atoms with Crippen LogP contribution in [0.15, 0.2) is 47.7 Å². The van der Waals surface area contributed by atoms with Crippen molar-refractivity contribution < 1.29 is 29.6 Å². The minimum Gasteiger partial charge on any atom is -0.508 e. The second-order valence-electron chi connectivity index (χ2n) is 12.4. The highest BCUT2D eigenvalue weighted by Gasteiger charge is 2.73. The van der Waals surface area contributed by atoms with Gasteiger partial charge in [-0.05, 0) is 74.0 Å². The van der Waals surface area contributed by atoms with E-state index in [-0.39, 0.29) is 29.5 Å². The highest BCUT2D eigenvalue weighted by molar-refractivity contribution is 6.04. The number of hydrogen-bond acceptors (Lipinski definition) is 8. The minimum atomic E-state index is -1.32. The summed E-state index contributed by atoms with van der Waals surface area (Å²) in [7, 11) is 0. The van der Waals surface area contributed by atoms with Crippen molar-refractivity contribution in [2.24, 2.45) is 5.92 Å². The van der Waals surface area contributed by atoms with Gasteiger partial charge in [0.2, 0.25) is 0 Å². The van der Waals surface area contributed by atoms with Crippen LogP contribution in [-0.2, 0) is 21.4 Å². The molecule has 0 radical (unpaired) electrons. The third-order valence-electron chi connectivity index (χ3n) is 10.3. The van der Waals surface area contributed by atoms with Crippen molar-refractivity contribution >= 4 is 17.3 Å². The monoisotopic (exact) mass is 545 g/mol. The molecule has 8 rings (SSSR count). The second kappa shape index (κ2) is 8.61. The number of morpholine rings is 1. The van der Waals surface area contributed by atoms with Gasteiger partial charge in [-0.15, -0.1) is 0 Å². The number of carbonyl (C=O) groups excluding carboxylic acids is 1. The van der Waals surface area contributed by atoms with E-state index >= 15 is 0 Å². The van der Waals surface area contributed by atoms with E-state index in [4.69, 9.17) is 9.47 Å². The lowest BCUT2D eigenvalue weighted by Crippen LogP contribution is -2.75. The number of aliphatic hydroxyl groups excluding tert-OH is 1. The number of likely N-dealkylation sites (tertiary alicyclic amines) is 1. The van der Waals surface area contributed by atoms with E-state index in [0.717, 1.165) is 43.0 Å². The summed E-state index contributed by atoms with van der Waals surface area (Å²) >= 11 is 0. The maximum atomic E-state index is 13.7. The fraction of sp³-hybridized carbons (Fsp3) is 0.516. The Morgan fingerprint density at radius 1 is 1.05 bits per heavy atom. The smallest absolute Gasteiger partial charge is 0.255 e. The molecule has 2 saturated heterocycles. The van der Waals surface area contributed by atoms with Crippen LogP contribution in [0.4, 0.5) is 11.4 Å².